The number of aromatic nitrogens is 2. The Morgan fingerprint density at radius 3 is 3.13 bits per heavy atom. The second-order valence-corrected chi connectivity index (χ2v) is 3.95. The Kier molecular flexibility index (Phi) is 2.85. The minimum Gasteiger partial charge on any atom is -0.364 e. The number of halogens is 1. The van der Waals surface area contributed by atoms with Crippen LogP contribution in [0, 0.1) is 11.3 Å². The van der Waals surface area contributed by atoms with Gasteiger partial charge < -0.3 is 9.84 Å². The highest BCUT2D eigenvalue weighted by Crippen LogP contribution is 2.25. The van der Waals surface area contributed by atoms with Gasteiger partial charge >= 0.3 is 0 Å². The van der Waals surface area contributed by atoms with Gasteiger partial charge in [0.2, 0.25) is 0 Å². The molecule has 0 unspecified atom stereocenters. The summed E-state index contributed by atoms with van der Waals surface area (Å²) < 4.78 is 4.67. The van der Waals surface area contributed by atoms with Gasteiger partial charge in [0.25, 0.3) is 0 Å². The summed E-state index contributed by atoms with van der Waals surface area (Å²) in [6.45, 7) is 0.491. The minimum absolute atomic E-state index is 0.227. The lowest BCUT2D eigenvalue weighted by Gasteiger charge is -1.96. The van der Waals surface area contributed by atoms with Crippen LogP contribution in [0.15, 0.2) is 16.9 Å². The molecule has 0 atom stereocenters. The highest BCUT2D eigenvalue weighted by molar-refractivity contribution is 7.16. The van der Waals surface area contributed by atoms with Crippen LogP contribution in [0.1, 0.15) is 10.6 Å². The zero-order valence-electron chi connectivity index (χ0n) is 7.40. The van der Waals surface area contributed by atoms with Gasteiger partial charge in [-0.1, -0.05) is 28.1 Å². The molecule has 0 aliphatic rings. The number of thiazole rings is 1. The Balaban J connectivity index is 2.03. The second-order valence-electron chi connectivity index (χ2n) is 2.60. The summed E-state index contributed by atoms with van der Waals surface area (Å²) in [6.07, 6.45) is 1.49. The van der Waals surface area contributed by atoms with Crippen molar-refractivity contribution in [3.05, 3.63) is 28.1 Å². The zero-order chi connectivity index (χ0) is 10.7. The molecule has 2 aromatic heterocycles. The standard InChI is InChI=1S/C8H5ClN4OS/c9-7-6(3-10)15-8(12-7)11-4-5-1-2-14-13-5/h1-2H,4H2,(H,11,12). The van der Waals surface area contributed by atoms with Crippen molar-refractivity contribution in [3.63, 3.8) is 0 Å². The van der Waals surface area contributed by atoms with E-state index in [1.807, 2.05) is 6.07 Å². The largest absolute Gasteiger partial charge is 0.364 e. The van der Waals surface area contributed by atoms with E-state index in [0.29, 0.717) is 16.6 Å². The Bertz CT molecular complexity index is 487. The maximum atomic E-state index is 8.66. The van der Waals surface area contributed by atoms with E-state index in [1.165, 1.54) is 17.6 Å². The first kappa shape index (κ1) is 9.96. The van der Waals surface area contributed by atoms with E-state index >= 15 is 0 Å². The number of anilines is 1. The number of nitrogens with one attached hydrogen (secondary N) is 1. The lowest BCUT2D eigenvalue weighted by atomic mass is 10.4. The maximum absolute atomic E-state index is 8.66. The molecular weight excluding hydrogens is 236 g/mol. The molecule has 76 valence electrons. The fourth-order valence-corrected chi connectivity index (χ4v) is 1.88. The highest BCUT2D eigenvalue weighted by Gasteiger charge is 2.08. The van der Waals surface area contributed by atoms with E-state index < -0.39 is 0 Å². The Labute approximate surface area is 94.3 Å². The zero-order valence-corrected chi connectivity index (χ0v) is 8.97. The number of hydrogen-bond acceptors (Lipinski definition) is 6. The van der Waals surface area contributed by atoms with E-state index in [2.05, 4.69) is 20.0 Å². The predicted molar refractivity (Wildman–Crippen MR) is 55.7 cm³/mol. The molecule has 0 saturated heterocycles. The van der Waals surface area contributed by atoms with Crippen LogP contribution in [-0.2, 0) is 6.54 Å². The van der Waals surface area contributed by atoms with Gasteiger partial charge in [-0.3, -0.25) is 0 Å². The third-order valence-corrected chi connectivity index (χ3v) is 2.90. The fourth-order valence-electron chi connectivity index (χ4n) is 0.941. The Morgan fingerprint density at radius 1 is 1.67 bits per heavy atom. The summed E-state index contributed by atoms with van der Waals surface area (Å²) in [5.41, 5.74) is 0.764. The molecule has 0 aliphatic carbocycles. The molecule has 2 aromatic rings. The molecule has 0 radical (unpaired) electrons. The number of nitrogens with zero attached hydrogens (tertiary/aromatic N) is 3. The minimum atomic E-state index is 0.227. The third-order valence-electron chi connectivity index (χ3n) is 1.60. The SMILES string of the molecule is N#Cc1sc(NCc2ccon2)nc1Cl. The quantitative estimate of drug-likeness (QED) is 0.891. The lowest BCUT2D eigenvalue weighted by molar-refractivity contribution is 0.412. The first-order valence-corrected chi connectivity index (χ1v) is 5.18. The van der Waals surface area contributed by atoms with Gasteiger partial charge in [-0.25, -0.2) is 4.98 Å². The molecule has 0 saturated carbocycles. The van der Waals surface area contributed by atoms with Crippen LogP contribution in [0.25, 0.3) is 0 Å². The van der Waals surface area contributed by atoms with E-state index in [0.717, 1.165) is 5.69 Å². The van der Waals surface area contributed by atoms with Crippen molar-refractivity contribution in [1.82, 2.24) is 10.1 Å². The first-order valence-electron chi connectivity index (χ1n) is 3.99. The monoisotopic (exact) mass is 240 g/mol. The highest BCUT2D eigenvalue weighted by atomic mass is 35.5. The van der Waals surface area contributed by atoms with Crippen LogP contribution in [0.3, 0.4) is 0 Å². The summed E-state index contributed by atoms with van der Waals surface area (Å²) in [5.74, 6) is 0. The Morgan fingerprint density at radius 2 is 2.53 bits per heavy atom. The third kappa shape index (κ3) is 2.26. The molecule has 0 aromatic carbocycles. The van der Waals surface area contributed by atoms with Gasteiger partial charge in [-0.15, -0.1) is 0 Å². The topological polar surface area (TPSA) is 74.7 Å². The van der Waals surface area contributed by atoms with Crippen molar-refractivity contribution in [1.29, 1.82) is 5.26 Å². The molecule has 7 heteroatoms. The number of nitriles is 1. The van der Waals surface area contributed by atoms with E-state index in [1.54, 1.807) is 6.07 Å². The van der Waals surface area contributed by atoms with Gasteiger partial charge in [-0.2, -0.15) is 5.26 Å². The van der Waals surface area contributed by atoms with Crippen LogP contribution in [0.4, 0.5) is 5.13 Å². The summed E-state index contributed by atoms with van der Waals surface area (Å²) >= 11 is 6.92. The average Bonchev–Trinajstić information content (AvgIpc) is 2.83. The molecule has 0 fully saturated rings. The number of hydrogen-bond donors (Lipinski definition) is 1. The van der Waals surface area contributed by atoms with Crippen molar-refractivity contribution < 1.29 is 4.52 Å². The summed E-state index contributed by atoms with van der Waals surface area (Å²) in [6, 6.07) is 3.70. The van der Waals surface area contributed by atoms with Gasteiger partial charge in [0.1, 0.15) is 22.9 Å². The molecule has 2 rings (SSSR count). The van der Waals surface area contributed by atoms with Gasteiger partial charge in [0.15, 0.2) is 10.3 Å². The molecule has 2 heterocycles. The van der Waals surface area contributed by atoms with E-state index in [4.69, 9.17) is 16.9 Å². The average molecular weight is 241 g/mol. The van der Waals surface area contributed by atoms with Crippen LogP contribution in [0.2, 0.25) is 5.15 Å². The van der Waals surface area contributed by atoms with Crippen molar-refractivity contribution in [2.45, 2.75) is 6.54 Å². The summed E-state index contributed by atoms with van der Waals surface area (Å²) in [4.78, 5) is 4.38. The van der Waals surface area contributed by atoms with E-state index in [-0.39, 0.29) is 5.15 Å². The van der Waals surface area contributed by atoms with Crippen LogP contribution in [-0.4, -0.2) is 10.1 Å². The summed E-state index contributed by atoms with van der Waals surface area (Å²) in [7, 11) is 0. The van der Waals surface area contributed by atoms with Crippen LogP contribution in [0.5, 0.6) is 0 Å². The normalized spacial score (nSPS) is 9.87. The van der Waals surface area contributed by atoms with Crippen molar-refractivity contribution >= 4 is 28.1 Å². The van der Waals surface area contributed by atoms with Gasteiger partial charge in [0.05, 0.1) is 6.54 Å². The Hall–Kier alpha value is -1.58. The molecule has 0 amide bonds. The van der Waals surface area contributed by atoms with E-state index in [9.17, 15) is 0 Å². The van der Waals surface area contributed by atoms with Crippen molar-refractivity contribution in [3.8, 4) is 6.07 Å². The molecular formula is C8H5ClN4OS. The van der Waals surface area contributed by atoms with Crippen LogP contribution < -0.4 is 5.32 Å². The molecule has 0 bridgehead atoms. The smallest absolute Gasteiger partial charge is 0.185 e. The van der Waals surface area contributed by atoms with Crippen molar-refractivity contribution in [2.24, 2.45) is 0 Å². The van der Waals surface area contributed by atoms with Crippen molar-refractivity contribution in [2.75, 3.05) is 5.32 Å². The van der Waals surface area contributed by atoms with Gasteiger partial charge in [0, 0.05) is 6.07 Å². The lowest BCUT2D eigenvalue weighted by Crippen LogP contribution is -1.98. The molecule has 5 nitrogen and oxygen atoms in total. The molecule has 15 heavy (non-hydrogen) atoms. The molecule has 0 aliphatic heterocycles. The predicted octanol–water partition coefficient (Wildman–Crippen LogP) is 2.27. The summed E-state index contributed by atoms with van der Waals surface area (Å²) in [5, 5.41) is 16.2. The van der Waals surface area contributed by atoms with Crippen LogP contribution >= 0.6 is 22.9 Å². The fraction of sp³-hybridized carbons (Fsp3) is 0.125. The molecule has 0 spiro atoms. The number of rotatable bonds is 3. The second kappa shape index (κ2) is 4.29. The molecule has 1 N–H and O–H groups in total. The van der Waals surface area contributed by atoms with Gasteiger partial charge in [-0.05, 0) is 0 Å². The first-order chi connectivity index (χ1) is 7.29. The maximum Gasteiger partial charge on any atom is 0.185 e.